The van der Waals surface area contributed by atoms with E-state index >= 15 is 0 Å². The van der Waals surface area contributed by atoms with E-state index in [1.54, 1.807) is 12.1 Å². The average Bonchev–Trinajstić information content (AvgIpc) is 3.17. The van der Waals surface area contributed by atoms with Gasteiger partial charge in [0.25, 0.3) is 5.91 Å². The highest BCUT2D eigenvalue weighted by molar-refractivity contribution is 5.94. The van der Waals surface area contributed by atoms with E-state index in [2.05, 4.69) is 25.7 Å². The molecule has 1 aromatic heterocycles. The van der Waals surface area contributed by atoms with Gasteiger partial charge in [0.05, 0.1) is 5.69 Å². The van der Waals surface area contributed by atoms with Gasteiger partial charge in [0.2, 0.25) is 0 Å². The number of para-hydroxylation sites is 1. The molecule has 0 aliphatic carbocycles. The second-order valence-corrected chi connectivity index (χ2v) is 5.32. The summed E-state index contributed by atoms with van der Waals surface area (Å²) in [7, 11) is 2.00. The summed E-state index contributed by atoms with van der Waals surface area (Å²) in [5.41, 5.74) is 2.44. The van der Waals surface area contributed by atoms with E-state index in [1.165, 1.54) is 11.0 Å². The first-order chi connectivity index (χ1) is 11.7. The van der Waals surface area contributed by atoms with Crippen LogP contribution < -0.4 is 10.2 Å². The van der Waals surface area contributed by atoms with Crippen molar-refractivity contribution in [1.82, 2.24) is 25.5 Å². The van der Waals surface area contributed by atoms with E-state index < -0.39 is 0 Å². The molecule has 0 saturated carbocycles. The van der Waals surface area contributed by atoms with Crippen LogP contribution in [-0.4, -0.2) is 46.3 Å². The molecule has 3 rings (SSSR count). The first-order valence-corrected chi connectivity index (χ1v) is 7.62. The van der Waals surface area contributed by atoms with Crippen LogP contribution in [0.2, 0.25) is 0 Å². The Balaban J connectivity index is 1.57. The van der Waals surface area contributed by atoms with E-state index in [4.69, 9.17) is 0 Å². The van der Waals surface area contributed by atoms with Crippen LogP contribution in [0.25, 0.3) is 5.69 Å². The summed E-state index contributed by atoms with van der Waals surface area (Å²) >= 11 is 0. The number of carbonyl (C=O) groups is 1. The Labute approximate surface area is 139 Å². The Morgan fingerprint density at radius 1 is 1.17 bits per heavy atom. The molecule has 0 saturated heterocycles. The molecule has 0 atom stereocenters. The minimum absolute atomic E-state index is 0.119. The third-order valence-corrected chi connectivity index (χ3v) is 3.65. The quantitative estimate of drug-likeness (QED) is 0.745. The lowest BCUT2D eigenvalue weighted by molar-refractivity contribution is 0.0954. The Bertz CT molecular complexity index is 788. The van der Waals surface area contributed by atoms with Crippen LogP contribution in [0.1, 0.15) is 10.4 Å². The van der Waals surface area contributed by atoms with Crippen molar-refractivity contribution in [2.24, 2.45) is 0 Å². The molecule has 0 aliphatic rings. The number of nitrogens with zero attached hydrogens (tertiary/aromatic N) is 5. The second-order valence-electron chi connectivity index (χ2n) is 5.32. The fourth-order valence-electron chi connectivity index (χ4n) is 2.32. The first kappa shape index (κ1) is 15.7. The number of nitrogens with one attached hydrogen (secondary N) is 1. The molecule has 1 N–H and O–H groups in total. The van der Waals surface area contributed by atoms with Gasteiger partial charge in [-0.05, 0) is 40.8 Å². The van der Waals surface area contributed by atoms with Gasteiger partial charge in [-0.3, -0.25) is 4.79 Å². The summed E-state index contributed by atoms with van der Waals surface area (Å²) in [5, 5.41) is 13.9. The summed E-state index contributed by atoms with van der Waals surface area (Å²) in [6, 6.07) is 17.2. The van der Waals surface area contributed by atoms with Gasteiger partial charge in [-0.2, -0.15) is 0 Å². The average molecular weight is 322 g/mol. The topological polar surface area (TPSA) is 75.9 Å². The second kappa shape index (κ2) is 7.36. The van der Waals surface area contributed by atoms with E-state index in [1.807, 2.05) is 49.5 Å². The van der Waals surface area contributed by atoms with Gasteiger partial charge in [0.15, 0.2) is 0 Å². The van der Waals surface area contributed by atoms with Crippen LogP contribution in [0.5, 0.6) is 0 Å². The maximum atomic E-state index is 12.3. The molecule has 7 heteroatoms. The molecule has 24 heavy (non-hydrogen) atoms. The SMILES string of the molecule is CN(CCNC(=O)c1cccc(-n2cnnn2)c1)c1ccccc1. The lowest BCUT2D eigenvalue weighted by atomic mass is 10.2. The Kier molecular flexibility index (Phi) is 4.81. The molecule has 0 radical (unpaired) electrons. The zero-order valence-electron chi connectivity index (χ0n) is 13.3. The van der Waals surface area contributed by atoms with E-state index in [0.717, 1.165) is 17.9 Å². The summed E-state index contributed by atoms with van der Waals surface area (Å²) in [5.74, 6) is -0.119. The number of hydrogen-bond donors (Lipinski definition) is 1. The fraction of sp³-hybridized carbons (Fsp3) is 0.176. The molecule has 122 valence electrons. The highest BCUT2D eigenvalue weighted by Gasteiger charge is 2.08. The lowest BCUT2D eigenvalue weighted by Crippen LogP contribution is -2.33. The number of amides is 1. The molecule has 0 aliphatic heterocycles. The number of benzene rings is 2. The largest absolute Gasteiger partial charge is 0.373 e. The summed E-state index contributed by atoms with van der Waals surface area (Å²) < 4.78 is 1.51. The number of aromatic nitrogens is 4. The predicted molar refractivity (Wildman–Crippen MR) is 91.2 cm³/mol. The third-order valence-electron chi connectivity index (χ3n) is 3.65. The number of anilines is 1. The monoisotopic (exact) mass is 322 g/mol. The van der Waals surface area contributed by atoms with Crippen molar-refractivity contribution >= 4 is 11.6 Å². The van der Waals surface area contributed by atoms with Crippen LogP contribution in [-0.2, 0) is 0 Å². The van der Waals surface area contributed by atoms with Crippen molar-refractivity contribution in [3.63, 3.8) is 0 Å². The van der Waals surface area contributed by atoms with Crippen molar-refractivity contribution < 1.29 is 4.79 Å². The standard InChI is InChI=1S/C17H18N6O/c1-22(15-7-3-2-4-8-15)11-10-18-17(24)14-6-5-9-16(12-14)23-13-19-20-21-23/h2-9,12-13H,10-11H2,1H3,(H,18,24). The summed E-state index contributed by atoms with van der Waals surface area (Å²) in [6.07, 6.45) is 1.49. The predicted octanol–water partition coefficient (Wildman–Crippen LogP) is 1.53. The van der Waals surface area contributed by atoms with Crippen molar-refractivity contribution in [3.8, 4) is 5.69 Å². The molecule has 1 heterocycles. The van der Waals surface area contributed by atoms with Gasteiger partial charge in [-0.15, -0.1) is 5.10 Å². The summed E-state index contributed by atoms with van der Waals surface area (Å²) in [4.78, 5) is 14.4. The molecule has 0 unspecified atom stereocenters. The molecular formula is C17H18N6O. The number of likely N-dealkylation sites (N-methyl/N-ethyl adjacent to an activating group) is 1. The maximum Gasteiger partial charge on any atom is 0.251 e. The highest BCUT2D eigenvalue weighted by atomic mass is 16.1. The Morgan fingerprint density at radius 3 is 2.75 bits per heavy atom. The molecule has 1 amide bonds. The van der Waals surface area contributed by atoms with Gasteiger partial charge in [-0.1, -0.05) is 24.3 Å². The molecule has 0 bridgehead atoms. The molecule has 0 spiro atoms. The van der Waals surface area contributed by atoms with Crippen LogP contribution in [0.3, 0.4) is 0 Å². The van der Waals surface area contributed by atoms with E-state index in [0.29, 0.717) is 12.1 Å². The van der Waals surface area contributed by atoms with Gasteiger partial charge in [0, 0.05) is 31.4 Å². The van der Waals surface area contributed by atoms with Gasteiger partial charge < -0.3 is 10.2 Å². The molecule has 0 fully saturated rings. The van der Waals surface area contributed by atoms with E-state index in [-0.39, 0.29) is 5.91 Å². The first-order valence-electron chi connectivity index (χ1n) is 7.62. The minimum Gasteiger partial charge on any atom is -0.373 e. The van der Waals surface area contributed by atoms with Gasteiger partial charge >= 0.3 is 0 Å². The van der Waals surface area contributed by atoms with Crippen LogP contribution in [0.4, 0.5) is 5.69 Å². The molecule has 7 nitrogen and oxygen atoms in total. The zero-order chi connectivity index (χ0) is 16.8. The smallest absolute Gasteiger partial charge is 0.251 e. The van der Waals surface area contributed by atoms with Crippen molar-refractivity contribution in [3.05, 3.63) is 66.5 Å². The van der Waals surface area contributed by atoms with Crippen LogP contribution >= 0.6 is 0 Å². The van der Waals surface area contributed by atoms with Gasteiger partial charge in [-0.25, -0.2) is 4.68 Å². The molecule has 3 aromatic rings. The number of tetrazole rings is 1. The summed E-state index contributed by atoms with van der Waals surface area (Å²) in [6.45, 7) is 1.28. The Morgan fingerprint density at radius 2 is 2.00 bits per heavy atom. The highest BCUT2D eigenvalue weighted by Crippen LogP contribution is 2.10. The van der Waals surface area contributed by atoms with Crippen molar-refractivity contribution in [1.29, 1.82) is 0 Å². The normalized spacial score (nSPS) is 10.4. The molecule has 2 aromatic carbocycles. The third kappa shape index (κ3) is 3.75. The minimum atomic E-state index is -0.119. The number of hydrogen-bond acceptors (Lipinski definition) is 5. The van der Waals surface area contributed by atoms with Crippen molar-refractivity contribution in [2.75, 3.05) is 25.0 Å². The fourth-order valence-corrected chi connectivity index (χ4v) is 2.32. The number of carbonyl (C=O) groups excluding carboxylic acids is 1. The molecular weight excluding hydrogens is 304 g/mol. The van der Waals surface area contributed by atoms with Gasteiger partial charge in [0.1, 0.15) is 6.33 Å². The maximum absolute atomic E-state index is 12.3. The number of rotatable bonds is 6. The lowest BCUT2D eigenvalue weighted by Gasteiger charge is -2.19. The Hall–Kier alpha value is -3.22. The van der Waals surface area contributed by atoms with Crippen molar-refractivity contribution in [2.45, 2.75) is 0 Å². The zero-order valence-corrected chi connectivity index (χ0v) is 13.3. The van der Waals surface area contributed by atoms with Crippen LogP contribution in [0, 0.1) is 0 Å². The van der Waals surface area contributed by atoms with E-state index in [9.17, 15) is 4.79 Å². The van der Waals surface area contributed by atoms with Crippen LogP contribution in [0.15, 0.2) is 60.9 Å².